The van der Waals surface area contributed by atoms with Gasteiger partial charge in [-0.1, -0.05) is 34.5 Å². The van der Waals surface area contributed by atoms with Crippen LogP contribution in [-0.4, -0.2) is 70.1 Å². The molecule has 26 heavy (non-hydrogen) atoms. The zero-order valence-electron chi connectivity index (χ0n) is 14.5. The molecule has 2 heterocycles. The minimum atomic E-state index is -0.0850. The van der Waals surface area contributed by atoms with Crippen LogP contribution in [0.2, 0.25) is 0 Å². The van der Waals surface area contributed by atoms with E-state index >= 15 is 0 Å². The summed E-state index contributed by atoms with van der Waals surface area (Å²) in [6.07, 6.45) is 8.65. The van der Waals surface area contributed by atoms with Crippen molar-refractivity contribution in [2.24, 2.45) is 4.99 Å². The first-order valence-corrected chi connectivity index (χ1v) is 10.2. The molecule has 0 aromatic rings. The molecule has 2 amide bonds. The third-order valence-corrected chi connectivity index (χ3v) is 5.48. The number of halogens is 1. The van der Waals surface area contributed by atoms with E-state index in [0.29, 0.717) is 55.7 Å². The van der Waals surface area contributed by atoms with Crippen LogP contribution in [0.15, 0.2) is 28.8 Å². The number of morpholine rings is 1. The van der Waals surface area contributed by atoms with Crippen LogP contribution in [-0.2, 0) is 14.3 Å². The fraction of sp³-hybridized carbons (Fsp3) is 0.556. The Hall–Kier alpha value is -1.38. The van der Waals surface area contributed by atoms with Crippen molar-refractivity contribution < 1.29 is 14.3 Å². The highest BCUT2D eigenvalue weighted by atomic mass is 79.9. The monoisotopic (exact) mass is 439 g/mol. The summed E-state index contributed by atoms with van der Waals surface area (Å²) in [5, 5.41) is 0.323. The van der Waals surface area contributed by atoms with E-state index in [1.54, 1.807) is 4.90 Å². The number of aliphatic imine (C=N–C) groups is 1. The lowest BCUT2D eigenvalue weighted by Crippen LogP contribution is -2.43. The van der Waals surface area contributed by atoms with Crippen LogP contribution < -0.4 is 0 Å². The van der Waals surface area contributed by atoms with Crippen molar-refractivity contribution in [1.29, 1.82) is 0 Å². The fourth-order valence-corrected chi connectivity index (χ4v) is 3.83. The standard InChI is InChI=1S/C18H22BrN3O3S/c19-13-5-6-15-14(12-13)17(24)22(18(26)20-15)7-3-1-2-4-16(23)21-8-10-25-11-9-21/h5-6,12-13H,1-4,7-11H2. The molecule has 0 N–H and O–H groups in total. The maximum atomic E-state index is 12.7. The molecule has 8 heteroatoms. The molecule has 2 aliphatic heterocycles. The zero-order chi connectivity index (χ0) is 18.5. The molecular formula is C18H22BrN3O3S. The summed E-state index contributed by atoms with van der Waals surface area (Å²) in [7, 11) is 0. The van der Waals surface area contributed by atoms with Gasteiger partial charge in [0.2, 0.25) is 11.0 Å². The summed E-state index contributed by atoms with van der Waals surface area (Å²) < 4.78 is 5.26. The zero-order valence-corrected chi connectivity index (χ0v) is 16.9. The van der Waals surface area contributed by atoms with Gasteiger partial charge in [0.25, 0.3) is 5.91 Å². The van der Waals surface area contributed by atoms with Crippen molar-refractivity contribution in [3.8, 4) is 0 Å². The number of ether oxygens (including phenoxy) is 1. The highest BCUT2D eigenvalue weighted by Crippen LogP contribution is 2.22. The maximum absolute atomic E-state index is 12.7. The summed E-state index contributed by atoms with van der Waals surface area (Å²) >= 11 is 8.75. The molecule has 0 aromatic heterocycles. The first-order valence-electron chi connectivity index (χ1n) is 8.91. The Morgan fingerprint density at radius 3 is 2.85 bits per heavy atom. The quantitative estimate of drug-likeness (QED) is 0.361. The largest absolute Gasteiger partial charge is 0.378 e. The topological polar surface area (TPSA) is 62.2 Å². The van der Waals surface area contributed by atoms with E-state index in [1.165, 1.54) is 0 Å². The van der Waals surface area contributed by atoms with Gasteiger partial charge in [0, 0.05) is 26.1 Å². The van der Waals surface area contributed by atoms with Gasteiger partial charge in [-0.25, -0.2) is 4.99 Å². The molecule has 0 aromatic carbocycles. The fourth-order valence-electron chi connectivity index (χ4n) is 3.14. The molecule has 1 fully saturated rings. The minimum Gasteiger partial charge on any atom is -0.378 e. The van der Waals surface area contributed by atoms with Crippen LogP contribution in [0.3, 0.4) is 0 Å². The smallest absolute Gasteiger partial charge is 0.262 e. The van der Waals surface area contributed by atoms with Crippen molar-refractivity contribution in [2.45, 2.75) is 30.5 Å². The van der Waals surface area contributed by atoms with E-state index in [0.717, 1.165) is 19.3 Å². The Kier molecular flexibility index (Phi) is 6.72. The van der Waals surface area contributed by atoms with Gasteiger partial charge in [-0.15, -0.1) is 0 Å². The highest BCUT2D eigenvalue weighted by Gasteiger charge is 2.30. The third-order valence-electron chi connectivity index (χ3n) is 4.60. The Labute approximate surface area is 167 Å². The average Bonchev–Trinajstić information content (AvgIpc) is 2.65. The number of alkyl halides is 1. The number of amides is 2. The van der Waals surface area contributed by atoms with Crippen LogP contribution >= 0.6 is 28.1 Å². The molecule has 6 nitrogen and oxygen atoms in total. The molecule has 3 aliphatic rings. The number of hydrogen-bond donors (Lipinski definition) is 0. The Balaban J connectivity index is 1.43. The summed E-state index contributed by atoms with van der Waals surface area (Å²) in [6.45, 7) is 3.17. The van der Waals surface area contributed by atoms with Gasteiger partial charge < -0.3 is 9.64 Å². The predicted octanol–water partition coefficient (Wildman–Crippen LogP) is 2.23. The van der Waals surface area contributed by atoms with Gasteiger partial charge in [-0.3, -0.25) is 14.5 Å². The number of allylic oxidation sites excluding steroid dienone is 3. The minimum absolute atomic E-state index is 0.0418. The molecule has 3 rings (SSSR count). The second-order valence-electron chi connectivity index (χ2n) is 6.42. The second kappa shape index (κ2) is 9.01. The van der Waals surface area contributed by atoms with Gasteiger partial charge in [-0.05, 0) is 31.1 Å². The summed E-state index contributed by atoms with van der Waals surface area (Å²) in [5.41, 5.74) is 1.24. The lowest BCUT2D eigenvalue weighted by molar-refractivity contribution is -0.135. The van der Waals surface area contributed by atoms with E-state index in [1.807, 2.05) is 23.1 Å². The molecule has 140 valence electrons. The molecule has 0 spiro atoms. The van der Waals surface area contributed by atoms with E-state index < -0.39 is 0 Å². The van der Waals surface area contributed by atoms with Crippen LogP contribution in [0.25, 0.3) is 0 Å². The van der Waals surface area contributed by atoms with Crippen LogP contribution in [0.5, 0.6) is 0 Å². The van der Waals surface area contributed by atoms with Crippen molar-refractivity contribution >= 4 is 50.8 Å². The van der Waals surface area contributed by atoms with E-state index in [-0.39, 0.29) is 16.6 Å². The number of thiocarbonyl (C=S) groups is 1. The predicted molar refractivity (Wildman–Crippen MR) is 108 cm³/mol. The van der Waals surface area contributed by atoms with Crippen molar-refractivity contribution in [3.05, 3.63) is 23.8 Å². The number of rotatable bonds is 6. The molecule has 1 saturated heterocycles. The van der Waals surface area contributed by atoms with E-state index in [4.69, 9.17) is 17.0 Å². The molecule has 1 aliphatic carbocycles. The normalized spacial score (nSPS) is 22.9. The number of unbranched alkanes of at least 4 members (excludes halogenated alkanes) is 2. The first kappa shape index (κ1) is 19.4. The van der Waals surface area contributed by atoms with Crippen LogP contribution in [0, 0.1) is 0 Å². The highest BCUT2D eigenvalue weighted by molar-refractivity contribution is 9.09. The SMILES string of the molecule is O=C(CCCCCN1C(=O)C2=CC(Br)C=CC2=NC1=S)N1CCOCC1. The van der Waals surface area contributed by atoms with Crippen LogP contribution in [0.1, 0.15) is 25.7 Å². The van der Waals surface area contributed by atoms with Gasteiger partial charge in [-0.2, -0.15) is 0 Å². The Morgan fingerprint density at radius 1 is 1.31 bits per heavy atom. The molecule has 0 saturated carbocycles. The number of hydrogen-bond acceptors (Lipinski definition) is 4. The van der Waals surface area contributed by atoms with Crippen molar-refractivity contribution in [1.82, 2.24) is 9.80 Å². The second-order valence-corrected chi connectivity index (χ2v) is 7.85. The molecule has 1 atom stereocenters. The van der Waals surface area contributed by atoms with Crippen molar-refractivity contribution in [2.75, 3.05) is 32.8 Å². The van der Waals surface area contributed by atoms with Gasteiger partial charge in [0.1, 0.15) is 0 Å². The molecular weight excluding hydrogens is 418 g/mol. The molecule has 1 unspecified atom stereocenters. The Bertz CT molecular complexity index is 683. The number of nitrogens with zero attached hydrogens (tertiary/aromatic N) is 3. The number of carbonyl (C=O) groups excluding carboxylic acids is 2. The maximum Gasteiger partial charge on any atom is 0.262 e. The third kappa shape index (κ3) is 4.66. The Morgan fingerprint density at radius 2 is 2.08 bits per heavy atom. The lowest BCUT2D eigenvalue weighted by Gasteiger charge is -2.28. The van der Waals surface area contributed by atoms with Gasteiger partial charge >= 0.3 is 0 Å². The first-order chi connectivity index (χ1) is 12.6. The number of carbonyl (C=O) groups is 2. The van der Waals surface area contributed by atoms with Crippen molar-refractivity contribution in [3.63, 3.8) is 0 Å². The summed E-state index contributed by atoms with van der Waals surface area (Å²) in [6, 6.07) is 0. The summed E-state index contributed by atoms with van der Waals surface area (Å²) in [5.74, 6) is 0.104. The molecule has 0 radical (unpaired) electrons. The van der Waals surface area contributed by atoms with Crippen LogP contribution in [0.4, 0.5) is 0 Å². The average molecular weight is 440 g/mol. The molecule has 0 bridgehead atoms. The van der Waals surface area contributed by atoms with E-state index in [2.05, 4.69) is 20.9 Å². The van der Waals surface area contributed by atoms with Gasteiger partial charge in [0.15, 0.2) is 0 Å². The number of fused-ring (bicyclic) bond motifs is 1. The lowest BCUT2D eigenvalue weighted by atomic mass is 10.0. The van der Waals surface area contributed by atoms with E-state index in [9.17, 15) is 9.59 Å². The summed E-state index contributed by atoms with van der Waals surface area (Å²) in [4.78, 5) is 32.6. The van der Waals surface area contributed by atoms with Gasteiger partial charge in [0.05, 0.1) is 29.3 Å².